The third-order valence-corrected chi connectivity index (χ3v) is 7.82. The van der Waals surface area contributed by atoms with Crippen LogP contribution >= 0.6 is 0 Å². The Labute approximate surface area is 239 Å². The van der Waals surface area contributed by atoms with Crippen LogP contribution in [0.15, 0.2) is 90.3 Å². The number of esters is 1. The quantitative estimate of drug-likeness (QED) is 0.291. The lowest BCUT2D eigenvalue weighted by Crippen LogP contribution is -2.43. The Balaban J connectivity index is 1.36. The molecule has 6 nitrogen and oxygen atoms in total. The molecular weight excluding hydrogens is 547 g/mol. The van der Waals surface area contributed by atoms with E-state index < -0.39 is 30.0 Å². The minimum Gasteiger partial charge on any atom is -0.508 e. The number of alkyl halides is 3. The maximum atomic E-state index is 13.8. The van der Waals surface area contributed by atoms with E-state index in [1.807, 2.05) is 18.2 Å². The molecule has 1 atom stereocenters. The highest BCUT2D eigenvalue weighted by Gasteiger charge is 2.46. The summed E-state index contributed by atoms with van der Waals surface area (Å²) < 4.78 is 50.4. The molecule has 6 rings (SSSR count). The molecule has 0 aromatic heterocycles. The molecule has 1 spiro atoms. The molecule has 0 saturated heterocycles. The van der Waals surface area contributed by atoms with Gasteiger partial charge in [-0.3, -0.25) is 4.79 Å². The third kappa shape index (κ3) is 5.18. The predicted molar refractivity (Wildman–Crippen MR) is 149 cm³/mol. The number of rotatable bonds is 5. The average molecular weight is 574 g/mol. The minimum absolute atomic E-state index is 0.00435. The van der Waals surface area contributed by atoms with Gasteiger partial charge < -0.3 is 20.3 Å². The minimum atomic E-state index is -4.37. The fraction of sp³-hybridized carbons (Fsp3) is 0.212. The topological polar surface area (TPSA) is 98.9 Å². The highest BCUT2D eigenvalue weighted by atomic mass is 19.4. The van der Waals surface area contributed by atoms with E-state index in [1.54, 1.807) is 12.1 Å². The zero-order valence-corrected chi connectivity index (χ0v) is 22.3. The van der Waals surface area contributed by atoms with Gasteiger partial charge in [0, 0.05) is 23.8 Å². The second-order valence-electron chi connectivity index (χ2n) is 10.7. The van der Waals surface area contributed by atoms with Gasteiger partial charge in [0.05, 0.1) is 18.3 Å². The van der Waals surface area contributed by atoms with Crippen molar-refractivity contribution in [1.29, 1.82) is 0 Å². The standard InChI is InChI=1S/C33H26F3NO5/c34-33(35,36)18-20-1-9-26-22(17-20)3-4-24(29(37)28(26)30(39)21-5-7-25(38)8-6-21)16-19-2-10-27-23(15-19)11-12-32(42-27)13-14-41-31(32)40/h1-2,4-10,13-15,17,38H,3,11-12,16,18,37H2. The number of Topliss-reactive ketones (excluding diaryl/α,β-unsaturated/α-hetero) is 1. The number of aromatic hydroxyl groups is 1. The molecule has 2 aliphatic heterocycles. The average Bonchev–Trinajstić information content (AvgIpc) is 3.23. The van der Waals surface area contributed by atoms with E-state index in [4.69, 9.17) is 15.2 Å². The highest BCUT2D eigenvalue weighted by Crippen LogP contribution is 2.39. The number of ketones is 1. The monoisotopic (exact) mass is 573 g/mol. The number of phenols is 1. The van der Waals surface area contributed by atoms with Gasteiger partial charge in [-0.2, -0.15) is 13.2 Å². The molecule has 0 radical (unpaired) electrons. The van der Waals surface area contributed by atoms with Crippen molar-refractivity contribution < 1.29 is 37.3 Å². The molecule has 0 bridgehead atoms. The van der Waals surface area contributed by atoms with Crippen LogP contribution in [0.2, 0.25) is 0 Å². The number of carbonyl (C=O) groups is 2. The van der Waals surface area contributed by atoms with E-state index in [2.05, 4.69) is 0 Å². The molecule has 1 aliphatic carbocycles. The van der Waals surface area contributed by atoms with Crippen LogP contribution in [0.1, 0.15) is 44.6 Å². The summed E-state index contributed by atoms with van der Waals surface area (Å²) in [5, 5.41) is 9.71. The second-order valence-corrected chi connectivity index (χ2v) is 10.7. The SMILES string of the molecule is NC1=C(C(=O)c2ccc(O)cc2)c2ccc(CC(F)(F)F)cc2CC=C1Cc1ccc2c(c1)CCC1(C=COC1=O)O2. The Kier molecular flexibility index (Phi) is 6.68. The molecule has 42 heavy (non-hydrogen) atoms. The summed E-state index contributed by atoms with van der Waals surface area (Å²) in [6.45, 7) is 0. The van der Waals surface area contributed by atoms with Gasteiger partial charge in [-0.1, -0.05) is 36.4 Å². The summed E-state index contributed by atoms with van der Waals surface area (Å²) in [5.74, 6) is -0.261. The molecule has 1 unspecified atom stereocenters. The summed E-state index contributed by atoms with van der Waals surface area (Å²) >= 11 is 0. The van der Waals surface area contributed by atoms with Crippen LogP contribution in [-0.4, -0.2) is 28.6 Å². The van der Waals surface area contributed by atoms with Gasteiger partial charge >= 0.3 is 12.1 Å². The van der Waals surface area contributed by atoms with Crippen LogP contribution in [0.25, 0.3) is 5.57 Å². The number of aryl methyl sites for hydroxylation is 1. The fourth-order valence-corrected chi connectivity index (χ4v) is 5.68. The molecule has 3 aromatic carbocycles. The first kappa shape index (κ1) is 27.4. The maximum absolute atomic E-state index is 13.8. The Morgan fingerprint density at radius 1 is 1.00 bits per heavy atom. The number of halogens is 3. The van der Waals surface area contributed by atoms with E-state index in [9.17, 15) is 27.9 Å². The number of cyclic esters (lactones) is 1. The summed E-state index contributed by atoms with van der Waals surface area (Å²) in [6, 6.07) is 15.8. The van der Waals surface area contributed by atoms with E-state index in [1.165, 1.54) is 48.7 Å². The molecule has 0 amide bonds. The Morgan fingerprint density at radius 3 is 2.45 bits per heavy atom. The van der Waals surface area contributed by atoms with Crippen LogP contribution in [-0.2, 0) is 35.2 Å². The third-order valence-electron chi connectivity index (χ3n) is 7.82. The van der Waals surface area contributed by atoms with Crippen LogP contribution in [0, 0.1) is 0 Å². The molecule has 9 heteroatoms. The lowest BCUT2D eigenvalue weighted by molar-refractivity contribution is -0.149. The van der Waals surface area contributed by atoms with Crippen molar-refractivity contribution in [1.82, 2.24) is 0 Å². The number of allylic oxidation sites excluding steroid dienone is 3. The van der Waals surface area contributed by atoms with Crippen molar-refractivity contribution in [3.8, 4) is 11.5 Å². The Morgan fingerprint density at radius 2 is 1.74 bits per heavy atom. The number of nitrogens with two attached hydrogens (primary N) is 1. The van der Waals surface area contributed by atoms with Crippen molar-refractivity contribution >= 4 is 17.3 Å². The first-order chi connectivity index (χ1) is 20.0. The lowest BCUT2D eigenvalue weighted by Gasteiger charge is -2.31. The number of hydrogen-bond acceptors (Lipinski definition) is 6. The van der Waals surface area contributed by atoms with E-state index >= 15 is 0 Å². The van der Waals surface area contributed by atoms with Gasteiger partial charge in [0.2, 0.25) is 5.60 Å². The molecular formula is C33H26F3NO5. The summed E-state index contributed by atoms with van der Waals surface area (Å²) in [4.78, 5) is 26.0. The predicted octanol–water partition coefficient (Wildman–Crippen LogP) is 5.91. The molecule has 2 heterocycles. The largest absolute Gasteiger partial charge is 0.508 e. The van der Waals surface area contributed by atoms with Crippen molar-refractivity contribution in [3.63, 3.8) is 0 Å². The molecule has 3 N–H and O–H groups in total. The number of phenolic OH excluding ortho intramolecular Hbond substituents is 1. The van der Waals surface area contributed by atoms with Crippen molar-refractivity contribution in [2.24, 2.45) is 5.73 Å². The number of hydrogen-bond donors (Lipinski definition) is 2. The first-order valence-electron chi connectivity index (χ1n) is 13.4. The molecule has 0 saturated carbocycles. The number of ether oxygens (including phenoxy) is 2. The number of carbonyl (C=O) groups excluding carboxylic acids is 2. The van der Waals surface area contributed by atoms with Crippen molar-refractivity contribution in [2.45, 2.75) is 43.9 Å². The summed E-state index contributed by atoms with van der Waals surface area (Å²) in [7, 11) is 0. The van der Waals surface area contributed by atoms with Gasteiger partial charge in [-0.25, -0.2) is 4.79 Å². The van der Waals surface area contributed by atoms with E-state index in [-0.39, 0.29) is 34.6 Å². The molecule has 3 aliphatic rings. The number of fused-ring (bicyclic) bond motifs is 2. The highest BCUT2D eigenvalue weighted by molar-refractivity contribution is 6.30. The van der Waals surface area contributed by atoms with Crippen LogP contribution in [0.3, 0.4) is 0 Å². The molecule has 214 valence electrons. The van der Waals surface area contributed by atoms with Gasteiger partial charge in [0.25, 0.3) is 0 Å². The molecule has 3 aromatic rings. The zero-order valence-electron chi connectivity index (χ0n) is 22.3. The van der Waals surface area contributed by atoms with E-state index in [0.29, 0.717) is 41.7 Å². The zero-order chi connectivity index (χ0) is 29.6. The first-order valence-corrected chi connectivity index (χ1v) is 13.4. The van der Waals surface area contributed by atoms with Gasteiger partial charge in [0.1, 0.15) is 11.5 Å². The van der Waals surface area contributed by atoms with Crippen LogP contribution in [0.5, 0.6) is 11.5 Å². The Bertz CT molecular complexity index is 1700. The van der Waals surface area contributed by atoms with E-state index in [0.717, 1.165) is 11.1 Å². The lowest BCUT2D eigenvalue weighted by atomic mass is 9.88. The smallest absolute Gasteiger partial charge is 0.393 e. The second kappa shape index (κ2) is 10.2. The summed E-state index contributed by atoms with van der Waals surface area (Å²) in [6.07, 6.45) is 1.04. The molecule has 0 fully saturated rings. The van der Waals surface area contributed by atoms with Crippen LogP contribution in [0.4, 0.5) is 13.2 Å². The normalized spacial score (nSPS) is 19.5. The van der Waals surface area contributed by atoms with Crippen molar-refractivity contribution in [2.75, 3.05) is 0 Å². The Hall–Kier alpha value is -4.79. The van der Waals surface area contributed by atoms with Crippen LogP contribution < -0.4 is 10.5 Å². The number of benzene rings is 3. The van der Waals surface area contributed by atoms with Gasteiger partial charge in [-0.15, -0.1) is 0 Å². The maximum Gasteiger partial charge on any atom is 0.393 e. The fourth-order valence-electron chi connectivity index (χ4n) is 5.68. The van der Waals surface area contributed by atoms with Gasteiger partial charge in [-0.05, 0) is 83.0 Å². The summed E-state index contributed by atoms with van der Waals surface area (Å²) in [5.41, 5.74) is 9.95. The van der Waals surface area contributed by atoms with Crippen molar-refractivity contribution in [3.05, 3.63) is 124 Å². The van der Waals surface area contributed by atoms with Gasteiger partial charge in [0.15, 0.2) is 5.78 Å².